The highest BCUT2D eigenvalue weighted by atomic mass is 127. The molecule has 0 radical (unpaired) electrons. The van der Waals surface area contributed by atoms with E-state index in [1.165, 1.54) is 0 Å². The summed E-state index contributed by atoms with van der Waals surface area (Å²) in [6.45, 7) is 6.90. The van der Waals surface area contributed by atoms with Crippen LogP contribution in [0, 0.1) is 0 Å². The van der Waals surface area contributed by atoms with Crippen LogP contribution in [0.5, 0.6) is 0 Å². The van der Waals surface area contributed by atoms with Crippen LogP contribution in [0.25, 0.3) is 0 Å². The third-order valence-electron chi connectivity index (χ3n) is 3.75. The lowest BCUT2D eigenvalue weighted by molar-refractivity contribution is 0.260. The summed E-state index contributed by atoms with van der Waals surface area (Å²) in [4.78, 5) is 17.6. The SMILES string of the molecule is CN=C(NCCSC)NCCN1CCN(c2ncccn2)CC1.I. The molecule has 0 unspecified atom stereocenters. The first-order valence-electron chi connectivity index (χ1n) is 8.01. The first-order chi connectivity index (χ1) is 11.3. The van der Waals surface area contributed by atoms with E-state index in [0.29, 0.717) is 0 Å². The number of nitrogens with zero attached hydrogens (tertiary/aromatic N) is 5. The number of guanidine groups is 1. The molecule has 136 valence electrons. The maximum atomic E-state index is 4.32. The molecule has 9 heteroatoms. The Kier molecular flexibility index (Phi) is 11.1. The molecule has 24 heavy (non-hydrogen) atoms. The topological polar surface area (TPSA) is 68.7 Å². The Labute approximate surface area is 166 Å². The van der Waals surface area contributed by atoms with Gasteiger partial charge in [-0.3, -0.25) is 9.89 Å². The van der Waals surface area contributed by atoms with Crippen LogP contribution in [0.2, 0.25) is 0 Å². The molecule has 1 aromatic rings. The van der Waals surface area contributed by atoms with Gasteiger partial charge >= 0.3 is 0 Å². The Hall–Kier alpha value is -0.810. The molecule has 1 aromatic heterocycles. The Morgan fingerprint density at radius 1 is 1.17 bits per heavy atom. The molecular formula is C15H28IN7S. The Morgan fingerprint density at radius 3 is 2.46 bits per heavy atom. The average Bonchev–Trinajstić information content (AvgIpc) is 2.62. The van der Waals surface area contributed by atoms with E-state index in [-0.39, 0.29) is 24.0 Å². The average molecular weight is 465 g/mol. The second-order valence-corrected chi connectivity index (χ2v) is 6.28. The predicted octanol–water partition coefficient (Wildman–Crippen LogP) is 0.745. The van der Waals surface area contributed by atoms with Crippen LogP contribution in [0.1, 0.15) is 0 Å². The van der Waals surface area contributed by atoms with Gasteiger partial charge < -0.3 is 15.5 Å². The molecule has 0 amide bonds. The zero-order chi connectivity index (χ0) is 16.3. The Morgan fingerprint density at radius 2 is 1.83 bits per heavy atom. The van der Waals surface area contributed by atoms with Crippen molar-refractivity contribution in [1.82, 2.24) is 25.5 Å². The van der Waals surface area contributed by atoms with E-state index in [1.54, 1.807) is 12.4 Å². The molecule has 1 saturated heterocycles. The van der Waals surface area contributed by atoms with Crippen LogP contribution in [-0.2, 0) is 0 Å². The molecule has 0 aromatic carbocycles. The van der Waals surface area contributed by atoms with Crippen LogP contribution in [-0.4, -0.2) is 85.7 Å². The van der Waals surface area contributed by atoms with Crippen molar-refractivity contribution in [3.63, 3.8) is 0 Å². The highest BCUT2D eigenvalue weighted by molar-refractivity contribution is 14.0. The molecule has 0 bridgehead atoms. The largest absolute Gasteiger partial charge is 0.356 e. The highest BCUT2D eigenvalue weighted by Gasteiger charge is 2.18. The van der Waals surface area contributed by atoms with Crippen molar-refractivity contribution >= 4 is 47.6 Å². The minimum Gasteiger partial charge on any atom is -0.356 e. The normalized spacial score (nSPS) is 15.8. The molecule has 1 aliphatic rings. The number of hydrogen-bond donors (Lipinski definition) is 2. The summed E-state index contributed by atoms with van der Waals surface area (Å²) in [6.07, 6.45) is 5.71. The van der Waals surface area contributed by atoms with Gasteiger partial charge in [0.2, 0.25) is 5.95 Å². The van der Waals surface area contributed by atoms with E-state index in [2.05, 4.69) is 41.6 Å². The molecule has 1 fully saturated rings. The van der Waals surface area contributed by atoms with Crippen molar-refractivity contribution in [2.45, 2.75) is 0 Å². The standard InChI is InChI=1S/C15H27N7S.HI/c1-16-14(18-7-13-23-2)17-6-8-21-9-11-22(12-10-21)15-19-4-3-5-20-15;/h3-5H,6-13H2,1-2H3,(H2,16,17,18);1H. The van der Waals surface area contributed by atoms with Crippen molar-refractivity contribution in [3.05, 3.63) is 18.5 Å². The lowest BCUT2D eigenvalue weighted by Gasteiger charge is -2.34. The number of aliphatic imine (C=N–C) groups is 1. The molecule has 0 saturated carbocycles. The van der Waals surface area contributed by atoms with E-state index >= 15 is 0 Å². The van der Waals surface area contributed by atoms with E-state index < -0.39 is 0 Å². The second-order valence-electron chi connectivity index (χ2n) is 5.30. The number of thioether (sulfide) groups is 1. The van der Waals surface area contributed by atoms with E-state index in [9.17, 15) is 0 Å². The lowest BCUT2D eigenvalue weighted by atomic mass is 10.3. The fourth-order valence-corrected chi connectivity index (χ4v) is 2.76. The molecular weight excluding hydrogens is 437 g/mol. The molecule has 0 atom stereocenters. The van der Waals surface area contributed by atoms with Crippen LogP contribution < -0.4 is 15.5 Å². The summed E-state index contributed by atoms with van der Waals surface area (Å²) in [5.74, 6) is 2.81. The monoisotopic (exact) mass is 465 g/mol. The van der Waals surface area contributed by atoms with Gasteiger partial charge in [-0.1, -0.05) is 0 Å². The number of hydrogen-bond acceptors (Lipinski definition) is 6. The van der Waals surface area contributed by atoms with Crippen molar-refractivity contribution in [3.8, 4) is 0 Å². The van der Waals surface area contributed by atoms with Crippen molar-refractivity contribution in [2.75, 3.05) is 69.8 Å². The summed E-state index contributed by atoms with van der Waals surface area (Å²) in [5, 5.41) is 6.68. The van der Waals surface area contributed by atoms with Gasteiger partial charge in [0.15, 0.2) is 5.96 Å². The molecule has 1 aliphatic heterocycles. The predicted molar refractivity (Wildman–Crippen MR) is 114 cm³/mol. The summed E-state index contributed by atoms with van der Waals surface area (Å²) < 4.78 is 0. The highest BCUT2D eigenvalue weighted by Crippen LogP contribution is 2.08. The summed E-state index contributed by atoms with van der Waals surface area (Å²) in [5.41, 5.74) is 0. The van der Waals surface area contributed by atoms with E-state index in [0.717, 1.165) is 63.5 Å². The van der Waals surface area contributed by atoms with Crippen LogP contribution in [0.15, 0.2) is 23.5 Å². The van der Waals surface area contributed by atoms with E-state index in [1.807, 2.05) is 24.9 Å². The molecule has 0 aliphatic carbocycles. The third-order valence-corrected chi connectivity index (χ3v) is 4.36. The van der Waals surface area contributed by atoms with Gasteiger partial charge in [0.25, 0.3) is 0 Å². The van der Waals surface area contributed by atoms with Crippen LogP contribution in [0.4, 0.5) is 5.95 Å². The van der Waals surface area contributed by atoms with Gasteiger partial charge in [0.05, 0.1) is 0 Å². The van der Waals surface area contributed by atoms with Gasteiger partial charge in [-0.05, 0) is 12.3 Å². The zero-order valence-electron chi connectivity index (χ0n) is 14.4. The second kappa shape index (κ2) is 12.5. The van der Waals surface area contributed by atoms with E-state index in [4.69, 9.17) is 0 Å². The van der Waals surface area contributed by atoms with Crippen LogP contribution in [0.3, 0.4) is 0 Å². The number of aromatic nitrogens is 2. The maximum Gasteiger partial charge on any atom is 0.225 e. The maximum absolute atomic E-state index is 4.32. The number of nitrogens with one attached hydrogen (secondary N) is 2. The van der Waals surface area contributed by atoms with Gasteiger partial charge in [-0.15, -0.1) is 24.0 Å². The minimum atomic E-state index is 0. The molecule has 0 spiro atoms. The Bertz CT molecular complexity index is 466. The third kappa shape index (κ3) is 7.39. The first-order valence-corrected chi connectivity index (χ1v) is 9.40. The zero-order valence-corrected chi connectivity index (χ0v) is 17.6. The van der Waals surface area contributed by atoms with Gasteiger partial charge in [0.1, 0.15) is 0 Å². The fraction of sp³-hybridized carbons (Fsp3) is 0.667. The minimum absolute atomic E-state index is 0. The fourth-order valence-electron chi connectivity index (χ4n) is 2.45. The Balaban J connectivity index is 0.00000288. The number of anilines is 1. The molecule has 2 rings (SSSR count). The van der Waals surface area contributed by atoms with Crippen molar-refractivity contribution in [2.24, 2.45) is 4.99 Å². The first kappa shape index (κ1) is 21.2. The molecule has 2 N–H and O–H groups in total. The lowest BCUT2D eigenvalue weighted by Crippen LogP contribution is -2.49. The quantitative estimate of drug-likeness (QED) is 0.267. The summed E-state index contributed by atoms with van der Waals surface area (Å²) >= 11 is 1.83. The number of piperazine rings is 1. The van der Waals surface area contributed by atoms with Crippen LogP contribution >= 0.6 is 35.7 Å². The summed E-state index contributed by atoms with van der Waals surface area (Å²) in [6, 6.07) is 1.85. The van der Waals surface area contributed by atoms with Crippen molar-refractivity contribution in [1.29, 1.82) is 0 Å². The molecule has 2 heterocycles. The van der Waals surface area contributed by atoms with Gasteiger partial charge in [-0.2, -0.15) is 11.8 Å². The number of halogens is 1. The van der Waals surface area contributed by atoms with Gasteiger partial charge in [0, 0.05) is 71.0 Å². The summed E-state index contributed by atoms with van der Waals surface area (Å²) in [7, 11) is 1.81. The van der Waals surface area contributed by atoms with Crippen molar-refractivity contribution < 1.29 is 0 Å². The number of rotatable bonds is 7. The van der Waals surface area contributed by atoms with Gasteiger partial charge in [-0.25, -0.2) is 9.97 Å². The molecule has 7 nitrogen and oxygen atoms in total. The smallest absolute Gasteiger partial charge is 0.225 e.